The molecule has 2 aliphatic heterocycles. The largest absolute Gasteiger partial charge is 0.323 e. The summed E-state index contributed by atoms with van der Waals surface area (Å²) in [6.45, 7) is 0. The molecule has 1 spiro atoms. The number of rotatable bonds is 1. The Bertz CT molecular complexity index is 1140. The van der Waals surface area contributed by atoms with Crippen molar-refractivity contribution in [2.75, 3.05) is 10.6 Å². The average molecular weight is 383 g/mol. The molecule has 0 bridgehead atoms. The average Bonchev–Trinajstić information content (AvgIpc) is 3.17. The van der Waals surface area contributed by atoms with Crippen LogP contribution in [-0.4, -0.2) is 21.6 Å². The second-order valence-corrected chi connectivity index (χ2v) is 6.95. The van der Waals surface area contributed by atoms with Crippen molar-refractivity contribution >= 4 is 34.9 Å². The van der Waals surface area contributed by atoms with E-state index < -0.39 is 11.2 Å². The van der Waals surface area contributed by atoms with Gasteiger partial charge >= 0.3 is 0 Å². The summed E-state index contributed by atoms with van der Waals surface area (Å²) in [5.74, 6) is -0.742. The van der Waals surface area contributed by atoms with E-state index >= 15 is 0 Å². The van der Waals surface area contributed by atoms with Crippen LogP contribution in [0.15, 0.2) is 48.7 Å². The van der Waals surface area contributed by atoms with Gasteiger partial charge < -0.3 is 10.6 Å². The molecular formula is C19H12ClFN4O2. The van der Waals surface area contributed by atoms with Crippen LogP contribution in [0.1, 0.15) is 17.5 Å². The van der Waals surface area contributed by atoms with Gasteiger partial charge in [-0.25, -0.2) is 9.07 Å². The maximum absolute atomic E-state index is 13.7. The van der Waals surface area contributed by atoms with Crippen LogP contribution in [-0.2, 0) is 15.0 Å². The highest BCUT2D eigenvalue weighted by atomic mass is 35.5. The number of para-hydroxylation sites is 1. The van der Waals surface area contributed by atoms with Gasteiger partial charge in [0.25, 0.3) is 0 Å². The monoisotopic (exact) mass is 382 g/mol. The molecule has 3 aromatic rings. The van der Waals surface area contributed by atoms with Crippen LogP contribution in [0.25, 0.3) is 5.69 Å². The van der Waals surface area contributed by atoms with Crippen molar-refractivity contribution in [3.05, 3.63) is 70.6 Å². The molecule has 0 saturated heterocycles. The lowest BCUT2D eigenvalue weighted by Gasteiger charge is -2.31. The first-order valence-corrected chi connectivity index (χ1v) is 8.63. The van der Waals surface area contributed by atoms with E-state index in [9.17, 15) is 14.0 Å². The lowest BCUT2D eigenvalue weighted by atomic mass is 9.72. The van der Waals surface area contributed by atoms with Crippen LogP contribution >= 0.6 is 11.6 Å². The van der Waals surface area contributed by atoms with Crippen LogP contribution in [0.4, 0.5) is 15.9 Å². The summed E-state index contributed by atoms with van der Waals surface area (Å²) >= 11 is 6.24. The molecule has 134 valence electrons. The molecule has 0 aliphatic carbocycles. The number of aromatic nitrogens is 2. The minimum Gasteiger partial charge on any atom is -0.323 e. The van der Waals surface area contributed by atoms with E-state index in [1.54, 1.807) is 30.3 Å². The minimum absolute atomic E-state index is 0.0615. The first kappa shape index (κ1) is 16.0. The Morgan fingerprint density at radius 3 is 2.74 bits per heavy atom. The smallest absolute Gasteiger partial charge is 0.240 e. The Morgan fingerprint density at radius 1 is 1.11 bits per heavy atom. The summed E-state index contributed by atoms with van der Waals surface area (Å²) in [6.07, 6.45) is 1.48. The molecule has 0 radical (unpaired) electrons. The summed E-state index contributed by atoms with van der Waals surface area (Å²) in [7, 11) is 0. The number of amides is 2. The molecule has 2 aromatic carbocycles. The Hall–Kier alpha value is -3.19. The highest BCUT2D eigenvalue weighted by Crippen LogP contribution is 2.51. The van der Waals surface area contributed by atoms with Gasteiger partial charge in [0.1, 0.15) is 17.1 Å². The van der Waals surface area contributed by atoms with Gasteiger partial charge in [0.15, 0.2) is 0 Å². The standard InChI is InChI=1S/C19H12ClFN4O2/c20-14-6-2-5-12-16(14)24-18(27)19(12)8-15(26)23-17-13(19)9-22-25(17)11-4-1-3-10(21)7-11/h1-7,9H,8H2,(H,23,26)(H,24,27). The maximum Gasteiger partial charge on any atom is 0.240 e. The van der Waals surface area contributed by atoms with Crippen LogP contribution in [0.5, 0.6) is 0 Å². The molecule has 27 heavy (non-hydrogen) atoms. The Balaban J connectivity index is 1.78. The predicted octanol–water partition coefficient (Wildman–Crippen LogP) is 3.25. The predicted molar refractivity (Wildman–Crippen MR) is 97.6 cm³/mol. The number of carbonyl (C=O) groups is 2. The quantitative estimate of drug-likeness (QED) is 0.678. The topological polar surface area (TPSA) is 76.0 Å². The van der Waals surface area contributed by atoms with Crippen molar-refractivity contribution in [1.29, 1.82) is 0 Å². The second-order valence-electron chi connectivity index (χ2n) is 6.55. The van der Waals surface area contributed by atoms with Gasteiger partial charge in [-0.3, -0.25) is 9.59 Å². The number of benzene rings is 2. The Morgan fingerprint density at radius 2 is 1.93 bits per heavy atom. The molecule has 2 amide bonds. The highest BCUT2D eigenvalue weighted by molar-refractivity contribution is 6.35. The molecule has 6 nitrogen and oxygen atoms in total. The van der Waals surface area contributed by atoms with Gasteiger partial charge in [-0.2, -0.15) is 5.10 Å². The normalized spacial score (nSPS) is 20.2. The number of fused-ring (bicyclic) bond motifs is 4. The molecule has 1 unspecified atom stereocenters. The molecule has 5 rings (SSSR count). The number of nitrogens with one attached hydrogen (secondary N) is 2. The molecule has 2 N–H and O–H groups in total. The third kappa shape index (κ3) is 2.09. The van der Waals surface area contributed by atoms with E-state index in [1.807, 2.05) is 0 Å². The van der Waals surface area contributed by atoms with Crippen LogP contribution in [0.2, 0.25) is 5.02 Å². The van der Waals surface area contributed by atoms with Crippen molar-refractivity contribution in [1.82, 2.24) is 9.78 Å². The molecule has 1 atom stereocenters. The fraction of sp³-hybridized carbons (Fsp3) is 0.105. The van der Waals surface area contributed by atoms with E-state index in [2.05, 4.69) is 15.7 Å². The van der Waals surface area contributed by atoms with Crippen molar-refractivity contribution in [2.24, 2.45) is 0 Å². The van der Waals surface area contributed by atoms with Gasteiger partial charge in [-0.1, -0.05) is 29.8 Å². The third-order valence-corrected chi connectivity index (χ3v) is 5.38. The summed E-state index contributed by atoms with van der Waals surface area (Å²) in [5, 5.41) is 10.3. The van der Waals surface area contributed by atoms with Crippen LogP contribution in [0, 0.1) is 5.82 Å². The number of carbonyl (C=O) groups excluding carboxylic acids is 2. The van der Waals surface area contributed by atoms with Crippen LogP contribution in [0.3, 0.4) is 0 Å². The van der Waals surface area contributed by atoms with Gasteiger partial charge in [-0.15, -0.1) is 0 Å². The summed E-state index contributed by atoms with van der Waals surface area (Å²) in [5.41, 5.74) is 0.908. The number of nitrogens with zero attached hydrogens (tertiary/aromatic N) is 2. The van der Waals surface area contributed by atoms with Crippen molar-refractivity contribution in [3.8, 4) is 5.69 Å². The lowest BCUT2D eigenvalue weighted by molar-refractivity contribution is -0.125. The molecule has 3 heterocycles. The summed E-state index contributed by atoms with van der Waals surface area (Å²) in [4.78, 5) is 25.6. The second kappa shape index (κ2) is 5.40. The van der Waals surface area contributed by atoms with Gasteiger partial charge in [0.05, 0.1) is 22.6 Å². The molecule has 8 heteroatoms. The zero-order valence-corrected chi connectivity index (χ0v) is 14.5. The van der Waals surface area contributed by atoms with E-state index in [1.165, 1.54) is 23.0 Å². The first-order chi connectivity index (χ1) is 13.0. The zero-order valence-electron chi connectivity index (χ0n) is 13.8. The first-order valence-electron chi connectivity index (χ1n) is 8.25. The van der Waals surface area contributed by atoms with Crippen molar-refractivity contribution in [3.63, 3.8) is 0 Å². The molecular weight excluding hydrogens is 371 g/mol. The zero-order chi connectivity index (χ0) is 18.8. The molecule has 1 aromatic heterocycles. The maximum atomic E-state index is 13.7. The highest BCUT2D eigenvalue weighted by Gasteiger charge is 2.54. The van der Waals surface area contributed by atoms with E-state index in [-0.39, 0.29) is 18.2 Å². The van der Waals surface area contributed by atoms with Gasteiger partial charge in [0.2, 0.25) is 11.8 Å². The van der Waals surface area contributed by atoms with Crippen molar-refractivity contribution < 1.29 is 14.0 Å². The fourth-order valence-electron chi connectivity index (χ4n) is 3.89. The lowest BCUT2D eigenvalue weighted by Crippen LogP contribution is -2.43. The van der Waals surface area contributed by atoms with Gasteiger partial charge in [-0.05, 0) is 29.8 Å². The Kier molecular flexibility index (Phi) is 3.21. The Labute approximate surface area is 157 Å². The fourth-order valence-corrected chi connectivity index (χ4v) is 4.11. The summed E-state index contributed by atoms with van der Waals surface area (Å²) in [6, 6.07) is 11.1. The van der Waals surface area contributed by atoms with Crippen LogP contribution < -0.4 is 10.6 Å². The SMILES string of the molecule is O=C1CC2(C(=O)Nc3c(Cl)cccc32)c2cnn(-c3cccc(F)c3)c2N1. The van der Waals surface area contributed by atoms with E-state index in [0.717, 1.165) is 0 Å². The summed E-state index contributed by atoms with van der Waals surface area (Å²) < 4.78 is 15.1. The number of halogens is 2. The van der Waals surface area contributed by atoms with Gasteiger partial charge in [0, 0.05) is 12.0 Å². The van der Waals surface area contributed by atoms with E-state index in [4.69, 9.17) is 11.6 Å². The number of anilines is 2. The molecule has 0 fully saturated rings. The minimum atomic E-state index is -1.22. The molecule has 2 aliphatic rings. The number of hydrogen-bond acceptors (Lipinski definition) is 3. The molecule has 0 saturated carbocycles. The third-order valence-electron chi connectivity index (χ3n) is 5.06. The van der Waals surface area contributed by atoms with E-state index in [0.29, 0.717) is 33.3 Å². The number of hydrogen-bond donors (Lipinski definition) is 2. The van der Waals surface area contributed by atoms with Crippen molar-refractivity contribution in [2.45, 2.75) is 11.8 Å².